The van der Waals surface area contributed by atoms with Gasteiger partial charge in [0, 0.05) is 26.3 Å². The minimum absolute atomic E-state index is 0.525. The molecule has 0 amide bonds. The molecule has 1 aromatic heterocycles. The summed E-state index contributed by atoms with van der Waals surface area (Å²) in [5.74, 6) is 0.597. The van der Waals surface area contributed by atoms with E-state index in [-0.39, 0.29) is 0 Å². The molecule has 1 N–H and O–H groups in total. The standard InChI is InChI=1S/C13H26N4O3/c1-4-14-11-12-15-16-13(20-12)17(7-9-18-5-2)8-10-19-6-3/h14H,4-11H2,1-3H3. The summed E-state index contributed by atoms with van der Waals surface area (Å²) in [7, 11) is 0. The molecule has 0 aliphatic heterocycles. The van der Waals surface area contributed by atoms with E-state index in [2.05, 4.69) is 15.5 Å². The van der Waals surface area contributed by atoms with E-state index in [0.717, 1.165) is 6.54 Å². The average Bonchev–Trinajstić information content (AvgIpc) is 2.92. The van der Waals surface area contributed by atoms with Crippen molar-refractivity contribution in [2.45, 2.75) is 27.3 Å². The molecular weight excluding hydrogens is 260 g/mol. The Balaban J connectivity index is 2.52. The topological polar surface area (TPSA) is 72.7 Å². The molecule has 0 atom stereocenters. The van der Waals surface area contributed by atoms with Crippen molar-refractivity contribution in [3.63, 3.8) is 0 Å². The fourth-order valence-corrected chi connectivity index (χ4v) is 1.62. The van der Waals surface area contributed by atoms with Crippen molar-refractivity contribution in [3.05, 3.63) is 5.89 Å². The molecule has 0 bridgehead atoms. The maximum Gasteiger partial charge on any atom is 0.318 e. The van der Waals surface area contributed by atoms with Gasteiger partial charge < -0.3 is 24.1 Å². The van der Waals surface area contributed by atoms with Crippen LogP contribution in [0, 0.1) is 0 Å². The van der Waals surface area contributed by atoms with Crippen LogP contribution in [0.4, 0.5) is 6.01 Å². The summed E-state index contributed by atoms with van der Waals surface area (Å²) in [6.07, 6.45) is 0. The molecule has 1 heterocycles. The predicted molar refractivity (Wildman–Crippen MR) is 76.9 cm³/mol. The van der Waals surface area contributed by atoms with Crippen molar-refractivity contribution < 1.29 is 13.9 Å². The SMILES string of the molecule is CCNCc1nnc(N(CCOCC)CCOCC)o1. The van der Waals surface area contributed by atoms with Crippen LogP contribution in [-0.2, 0) is 16.0 Å². The van der Waals surface area contributed by atoms with E-state index in [1.807, 2.05) is 25.7 Å². The van der Waals surface area contributed by atoms with Gasteiger partial charge in [0.05, 0.1) is 19.8 Å². The van der Waals surface area contributed by atoms with Gasteiger partial charge in [-0.15, -0.1) is 5.10 Å². The molecule has 0 saturated carbocycles. The predicted octanol–water partition coefficient (Wildman–Crippen LogP) is 1.06. The number of nitrogens with zero attached hydrogens (tertiary/aromatic N) is 3. The third-order valence-corrected chi connectivity index (χ3v) is 2.67. The molecule has 0 fully saturated rings. The van der Waals surface area contributed by atoms with E-state index in [1.54, 1.807) is 0 Å². The first-order chi connectivity index (χ1) is 9.81. The second-order valence-corrected chi connectivity index (χ2v) is 4.14. The smallest absolute Gasteiger partial charge is 0.318 e. The van der Waals surface area contributed by atoms with Gasteiger partial charge in [-0.25, -0.2) is 0 Å². The molecular formula is C13H26N4O3. The van der Waals surface area contributed by atoms with Crippen LogP contribution in [0.1, 0.15) is 26.7 Å². The Bertz CT molecular complexity index is 336. The molecule has 7 heteroatoms. The first kappa shape index (κ1) is 16.9. The van der Waals surface area contributed by atoms with Crippen molar-refractivity contribution in [1.82, 2.24) is 15.5 Å². The second kappa shape index (κ2) is 10.6. The van der Waals surface area contributed by atoms with Gasteiger partial charge in [-0.1, -0.05) is 12.0 Å². The van der Waals surface area contributed by atoms with Gasteiger partial charge in [-0.05, 0) is 20.4 Å². The summed E-state index contributed by atoms with van der Waals surface area (Å²) >= 11 is 0. The number of hydrogen-bond donors (Lipinski definition) is 1. The third kappa shape index (κ3) is 6.31. The van der Waals surface area contributed by atoms with E-state index < -0.39 is 0 Å². The van der Waals surface area contributed by atoms with E-state index in [4.69, 9.17) is 13.9 Å². The highest BCUT2D eigenvalue weighted by molar-refractivity contribution is 5.23. The molecule has 116 valence electrons. The highest BCUT2D eigenvalue weighted by atomic mass is 16.5. The maximum absolute atomic E-state index is 5.64. The Morgan fingerprint density at radius 3 is 2.25 bits per heavy atom. The van der Waals surface area contributed by atoms with Crippen molar-refractivity contribution in [3.8, 4) is 0 Å². The zero-order valence-electron chi connectivity index (χ0n) is 12.7. The van der Waals surface area contributed by atoms with Crippen LogP contribution >= 0.6 is 0 Å². The second-order valence-electron chi connectivity index (χ2n) is 4.14. The molecule has 0 aliphatic carbocycles. The zero-order chi connectivity index (χ0) is 14.6. The lowest BCUT2D eigenvalue weighted by Crippen LogP contribution is -2.31. The van der Waals surface area contributed by atoms with Crippen LogP contribution in [-0.4, -0.2) is 56.3 Å². The van der Waals surface area contributed by atoms with Crippen molar-refractivity contribution in [2.24, 2.45) is 0 Å². The average molecular weight is 286 g/mol. The lowest BCUT2D eigenvalue weighted by atomic mass is 10.5. The van der Waals surface area contributed by atoms with Crippen LogP contribution in [0.3, 0.4) is 0 Å². The van der Waals surface area contributed by atoms with E-state index in [9.17, 15) is 0 Å². The van der Waals surface area contributed by atoms with Crippen LogP contribution in [0.5, 0.6) is 0 Å². The maximum atomic E-state index is 5.64. The van der Waals surface area contributed by atoms with Gasteiger partial charge in [-0.2, -0.15) is 0 Å². The van der Waals surface area contributed by atoms with Crippen molar-refractivity contribution in [2.75, 3.05) is 51.0 Å². The summed E-state index contributed by atoms with van der Waals surface area (Å²) in [6, 6.07) is 0.525. The van der Waals surface area contributed by atoms with Gasteiger partial charge in [-0.3, -0.25) is 0 Å². The Morgan fingerprint density at radius 1 is 1.05 bits per heavy atom. The van der Waals surface area contributed by atoms with Gasteiger partial charge in [0.2, 0.25) is 5.89 Å². The molecule has 0 unspecified atom stereocenters. The lowest BCUT2D eigenvalue weighted by molar-refractivity contribution is 0.140. The van der Waals surface area contributed by atoms with Crippen molar-refractivity contribution >= 4 is 6.01 Å². The molecule has 1 aromatic rings. The molecule has 0 aliphatic rings. The summed E-state index contributed by atoms with van der Waals surface area (Å²) in [6.45, 7) is 11.5. The Morgan fingerprint density at radius 2 is 1.70 bits per heavy atom. The lowest BCUT2D eigenvalue weighted by Gasteiger charge is -2.19. The number of rotatable bonds is 12. The monoisotopic (exact) mass is 286 g/mol. The van der Waals surface area contributed by atoms with E-state index in [1.165, 1.54) is 0 Å². The minimum atomic E-state index is 0.525. The van der Waals surface area contributed by atoms with E-state index >= 15 is 0 Å². The number of aromatic nitrogens is 2. The third-order valence-electron chi connectivity index (χ3n) is 2.67. The molecule has 1 rings (SSSR count). The summed E-state index contributed by atoms with van der Waals surface area (Å²) in [4.78, 5) is 1.99. The fourth-order valence-electron chi connectivity index (χ4n) is 1.62. The van der Waals surface area contributed by atoms with Crippen LogP contribution in [0.15, 0.2) is 4.42 Å². The molecule has 0 spiro atoms. The number of nitrogens with one attached hydrogen (secondary N) is 1. The Labute approximate surface area is 120 Å². The number of hydrogen-bond acceptors (Lipinski definition) is 7. The van der Waals surface area contributed by atoms with E-state index in [0.29, 0.717) is 58.0 Å². The number of anilines is 1. The van der Waals surface area contributed by atoms with Crippen LogP contribution < -0.4 is 10.2 Å². The zero-order valence-corrected chi connectivity index (χ0v) is 12.7. The fraction of sp³-hybridized carbons (Fsp3) is 0.846. The first-order valence-corrected chi connectivity index (χ1v) is 7.25. The largest absolute Gasteiger partial charge is 0.407 e. The molecule has 7 nitrogen and oxygen atoms in total. The molecule has 0 radical (unpaired) electrons. The van der Waals surface area contributed by atoms with Crippen molar-refractivity contribution in [1.29, 1.82) is 0 Å². The first-order valence-electron chi connectivity index (χ1n) is 7.25. The van der Waals surface area contributed by atoms with Gasteiger partial charge in [0.25, 0.3) is 0 Å². The number of ether oxygens (including phenoxy) is 2. The van der Waals surface area contributed by atoms with Gasteiger partial charge >= 0.3 is 6.01 Å². The Kier molecular flexibility index (Phi) is 8.93. The highest BCUT2D eigenvalue weighted by Crippen LogP contribution is 2.11. The summed E-state index contributed by atoms with van der Waals surface area (Å²) in [5, 5.41) is 11.3. The normalized spacial score (nSPS) is 10.9. The Hall–Kier alpha value is -1.18. The summed E-state index contributed by atoms with van der Waals surface area (Å²) < 4.78 is 16.4. The quantitative estimate of drug-likeness (QED) is 0.576. The van der Waals surface area contributed by atoms with Gasteiger partial charge in [0.1, 0.15) is 0 Å². The molecule has 20 heavy (non-hydrogen) atoms. The molecule has 0 saturated heterocycles. The summed E-state index contributed by atoms with van der Waals surface area (Å²) in [5.41, 5.74) is 0. The van der Waals surface area contributed by atoms with Crippen LogP contribution in [0.25, 0.3) is 0 Å². The van der Waals surface area contributed by atoms with Crippen LogP contribution in [0.2, 0.25) is 0 Å². The highest BCUT2D eigenvalue weighted by Gasteiger charge is 2.14. The minimum Gasteiger partial charge on any atom is -0.407 e. The molecule has 0 aromatic carbocycles. The van der Waals surface area contributed by atoms with Gasteiger partial charge in [0.15, 0.2) is 0 Å².